The summed E-state index contributed by atoms with van der Waals surface area (Å²) in [4.78, 5) is 118. The van der Waals surface area contributed by atoms with Crippen LogP contribution in [-0.2, 0) is 49.7 Å². The number of imide groups is 1. The minimum Gasteiger partial charge on any atom is -0.480 e. The van der Waals surface area contributed by atoms with Gasteiger partial charge in [0.1, 0.15) is 49.0 Å². The molecule has 21 heteroatoms. The molecule has 0 saturated carbocycles. The van der Waals surface area contributed by atoms with E-state index in [-0.39, 0.29) is 17.7 Å². The van der Waals surface area contributed by atoms with Crippen molar-refractivity contribution in [2.24, 2.45) is 16.9 Å². The van der Waals surface area contributed by atoms with Crippen LogP contribution in [0.3, 0.4) is 0 Å². The number of aliphatic hydroxyl groups excluding tert-OH is 1. The summed E-state index contributed by atoms with van der Waals surface area (Å²) in [5, 5.41) is 25.6. The molecular formula is C44H52F2N8O11. The number of rotatable bonds is 21. The van der Waals surface area contributed by atoms with Crippen molar-refractivity contribution < 1.29 is 62.1 Å². The molecule has 0 unspecified atom stereocenters. The summed E-state index contributed by atoms with van der Waals surface area (Å²) >= 11 is 0. The van der Waals surface area contributed by atoms with E-state index in [2.05, 4.69) is 10.6 Å². The number of amides is 8. The second-order valence-electron chi connectivity index (χ2n) is 16.5. The highest BCUT2D eigenvalue weighted by Crippen LogP contribution is 2.41. The molecule has 3 aromatic rings. The Morgan fingerprint density at radius 2 is 1.49 bits per heavy atom. The van der Waals surface area contributed by atoms with Crippen molar-refractivity contribution in [1.29, 1.82) is 0 Å². The fourth-order valence-corrected chi connectivity index (χ4v) is 7.50. The molecule has 1 aliphatic rings. The molecule has 5 atom stereocenters. The number of carbonyl (C=O) groups excluding carboxylic acids is 8. The molecule has 2 aromatic carbocycles. The van der Waals surface area contributed by atoms with E-state index >= 15 is 4.39 Å². The van der Waals surface area contributed by atoms with E-state index < -0.39 is 133 Å². The summed E-state index contributed by atoms with van der Waals surface area (Å²) in [6, 6.07) is 5.29. The lowest BCUT2D eigenvalue weighted by Crippen LogP contribution is -2.62. The van der Waals surface area contributed by atoms with Gasteiger partial charge in [-0.1, -0.05) is 51.1 Å². The number of primary amides is 2. The Morgan fingerprint density at radius 1 is 0.862 bits per heavy atom. The summed E-state index contributed by atoms with van der Waals surface area (Å²) in [5.74, 6) is -11.3. The third-order valence-electron chi connectivity index (χ3n) is 10.5. The van der Waals surface area contributed by atoms with Crippen LogP contribution in [0.4, 0.5) is 8.78 Å². The standard InChI is InChI=1S/C44H52F2N8O11/c1-24(49-35(57)22-53-36(58)13-14-37(53)59)41(62)50-25(2)42(63)54(33(40(48)61)19-34(47)56)31(43(64)65)15-16-52(38(60)23-55)39(44(3,4)5)32-17-27(29-18-28(45)11-12-30(29)46)21-51(32)20-26-9-7-6-8-10-26/h6-14,17-18,21,24-25,31,33,39,55H,15-16,19-20,22-23H2,1-5H3,(H2,47,56)(H2,48,61)(H,49,57)(H,50,62)(H,64,65)/t24-,25-,31-,33-,39-/m0/s1. The van der Waals surface area contributed by atoms with Crippen molar-refractivity contribution in [3.05, 3.63) is 95.8 Å². The first-order chi connectivity index (χ1) is 30.4. The Morgan fingerprint density at radius 3 is 2.05 bits per heavy atom. The van der Waals surface area contributed by atoms with Gasteiger partial charge >= 0.3 is 5.97 Å². The Kier molecular flexibility index (Phi) is 16.6. The molecule has 2 heterocycles. The summed E-state index contributed by atoms with van der Waals surface area (Å²) in [5.41, 5.74) is 11.4. The third kappa shape index (κ3) is 12.7. The number of carboxylic acids is 1. The number of halogens is 2. The zero-order chi connectivity index (χ0) is 48.5. The zero-order valence-electron chi connectivity index (χ0n) is 36.3. The minimum atomic E-state index is -2.07. The first kappa shape index (κ1) is 50.4. The van der Waals surface area contributed by atoms with Crippen molar-refractivity contribution >= 4 is 53.2 Å². The highest BCUT2D eigenvalue weighted by molar-refractivity contribution is 6.14. The molecule has 0 bridgehead atoms. The highest BCUT2D eigenvalue weighted by Gasteiger charge is 2.43. The maximum atomic E-state index is 15.2. The van der Waals surface area contributed by atoms with Crippen molar-refractivity contribution in [1.82, 2.24) is 29.9 Å². The second-order valence-corrected chi connectivity index (χ2v) is 16.5. The van der Waals surface area contributed by atoms with Gasteiger partial charge in [-0.05, 0) is 55.5 Å². The molecule has 8 N–H and O–H groups in total. The van der Waals surface area contributed by atoms with E-state index in [1.54, 1.807) is 55.8 Å². The molecule has 0 saturated heterocycles. The van der Waals surface area contributed by atoms with Gasteiger partial charge in [-0.2, -0.15) is 0 Å². The smallest absolute Gasteiger partial charge is 0.326 e. The maximum Gasteiger partial charge on any atom is 0.326 e. The molecule has 0 radical (unpaired) electrons. The number of benzene rings is 2. The quantitative estimate of drug-likeness (QED) is 0.0811. The second kappa shape index (κ2) is 21.4. The fourth-order valence-electron chi connectivity index (χ4n) is 7.50. The van der Waals surface area contributed by atoms with Crippen LogP contribution in [0, 0.1) is 17.0 Å². The number of aliphatic carboxylic acids is 1. The predicted molar refractivity (Wildman–Crippen MR) is 227 cm³/mol. The number of carbonyl (C=O) groups is 9. The molecule has 8 amide bonds. The molecule has 65 heavy (non-hydrogen) atoms. The van der Waals surface area contributed by atoms with Gasteiger partial charge < -0.3 is 46.7 Å². The van der Waals surface area contributed by atoms with Crippen molar-refractivity contribution in [3.8, 4) is 11.1 Å². The van der Waals surface area contributed by atoms with Gasteiger partial charge in [-0.15, -0.1) is 0 Å². The van der Waals surface area contributed by atoms with E-state index in [1.165, 1.54) is 6.92 Å². The number of aliphatic hydroxyl groups is 1. The molecule has 0 aliphatic carbocycles. The first-order valence-electron chi connectivity index (χ1n) is 20.3. The molecule has 19 nitrogen and oxygen atoms in total. The lowest BCUT2D eigenvalue weighted by Gasteiger charge is -2.42. The van der Waals surface area contributed by atoms with Gasteiger partial charge in [0.25, 0.3) is 11.8 Å². The van der Waals surface area contributed by atoms with Crippen LogP contribution in [-0.4, -0.2) is 127 Å². The Labute approximate surface area is 372 Å². The molecular weight excluding hydrogens is 855 g/mol. The van der Waals surface area contributed by atoms with Gasteiger partial charge in [0.15, 0.2) is 0 Å². The van der Waals surface area contributed by atoms with Gasteiger partial charge in [-0.3, -0.25) is 43.3 Å². The Balaban J connectivity index is 1.73. The Hall–Kier alpha value is -7.29. The Bertz CT molecular complexity index is 2350. The third-order valence-corrected chi connectivity index (χ3v) is 10.5. The molecule has 0 spiro atoms. The maximum absolute atomic E-state index is 15.2. The molecule has 0 fully saturated rings. The molecule has 1 aromatic heterocycles. The molecule has 348 valence electrons. The average Bonchev–Trinajstić information content (AvgIpc) is 3.78. The number of hydrogen-bond acceptors (Lipinski definition) is 10. The monoisotopic (exact) mass is 906 g/mol. The zero-order valence-corrected chi connectivity index (χ0v) is 36.3. The van der Waals surface area contributed by atoms with Crippen LogP contribution in [0.2, 0.25) is 0 Å². The topological polar surface area (TPSA) is 285 Å². The van der Waals surface area contributed by atoms with Crippen LogP contribution in [0.25, 0.3) is 11.1 Å². The van der Waals surface area contributed by atoms with E-state index in [9.17, 15) is 57.8 Å². The summed E-state index contributed by atoms with van der Waals surface area (Å²) in [7, 11) is 0. The van der Waals surface area contributed by atoms with Crippen LogP contribution in [0.15, 0.2) is 72.9 Å². The first-order valence-corrected chi connectivity index (χ1v) is 20.3. The predicted octanol–water partition coefficient (Wildman–Crippen LogP) is 0.725. The van der Waals surface area contributed by atoms with E-state index in [0.29, 0.717) is 15.5 Å². The SMILES string of the molecule is C[C@H](NC(=O)CN1C(=O)C=CC1=O)C(=O)N[C@@H](C)C(=O)N([C@@H](CC(N)=O)C(N)=O)[C@@H](CCN(C(=O)CO)[C@@H](c1cc(-c2cc(F)ccc2F)cn1Cc1ccccc1)C(C)(C)C)C(=O)O. The number of hydrogen-bond donors (Lipinski definition) is 6. The largest absolute Gasteiger partial charge is 0.480 e. The number of nitrogens with zero attached hydrogens (tertiary/aromatic N) is 4. The van der Waals surface area contributed by atoms with Crippen molar-refractivity contribution in [3.63, 3.8) is 0 Å². The summed E-state index contributed by atoms with van der Waals surface area (Å²) < 4.78 is 31.4. The van der Waals surface area contributed by atoms with Gasteiger partial charge in [0.05, 0.1) is 12.5 Å². The van der Waals surface area contributed by atoms with Gasteiger partial charge in [0, 0.05) is 48.3 Å². The average molecular weight is 907 g/mol. The molecule has 1 aliphatic heterocycles. The summed E-state index contributed by atoms with van der Waals surface area (Å²) in [6.07, 6.45) is 1.84. The van der Waals surface area contributed by atoms with E-state index in [4.69, 9.17) is 11.5 Å². The summed E-state index contributed by atoms with van der Waals surface area (Å²) in [6.45, 7) is 5.37. The van der Waals surface area contributed by atoms with Crippen LogP contribution < -0.4 is 22.1 Å². The lowest BCUT2D eigenvalue weighted by atomic mass is 9.82. The minimum absolute atomic E-state index is 0.0941. The number of aromatic nitrogens is 1. The van der Waals surface area contributed by atoms with Crippen molar-refractivity contribution in [2.75, 3.05) is 19.7 Å². The van der Waals surface area contributed by atoms with Crippen molar-refractivity contribution in [2.45, 2.75) is 84.2 Å². The number of nitrogens with one attached hydrogen (secondary N) is 2. The fraction of sp³-hybridized carbons (Fsp3) is 0.386. The molecule has 4 rings (SSSR count). The number of nitrogens with two attached hydrogens (primary N) is 2. The van der Waals surface area contributed by atoms with Gasteiger partial charge in [-0.25, -0.2) is 13.6 Å². The lowest BCUT2D eigenvalue weighted by molar-refractivity contribution is -0.157. The van der Waals surface area contributed by atoms with Crippen LogP contribution in [0.1, 0.15) is 64.8 Å². The van der Waals surface area contributed by atoms with Crippen LogP contribution >= 0.6 is 0 Å². The van der Waals surface area contributed by atoms with Crippen LogP contribution in [0.5, 0.6) is 0 Å². The highest BCUT2D eigenvalue weighted by atomic mass is 19.1. The van der Waals surface area contributed by atoms with E-state index in [0.717, 1.165) is 47.7 Å². The normalized spacial score (nSPS) is 14.8. The number of carboxylic acid groups (broad SMARTS) is 1. The van der Waals surface area contributed by atoms with E-state index in [1.807, 2.05) is 12.1 Å². The van der Waals surface area contributed by atoms with Gasteiger partial charge in [0.2, 0.25) is 35.4 Å².